The fraction of sp³-hybridized carbons (Fsp3) is 0.533. The lowest BCUT2D eigenvalue weighted by molar-refractivity contribution is 0.0755. The first kappa shape index (κ1) is 15.8. The first-order valence-corrected chi connectivity index (χ1v) is 6.92. The molecule has 1 aromatic rings. The molecule has 0 unspecified atom stereocenters. The van der Waals surface area contributed by atoms with Crippen LogP contribution < -0.4 is 5.32 Å². The largest absolute Gasteiger partial charge is 0.384 e. The molecule has 0 saturated carbocycles. The minimum absolute atomic E-state index is 0. The number of fused-ring (bicyclic) bond motifs is 1. The molecule has 1 aliphatic rings. The van der Waals surface area contributed by atoms with Gasteiger partial charge in [0.15, 0.2) is 0 Å². The minimum Gasteiger partial charge on any atom is -0.384 e. The second-order valence-electron chi connectivity index (χ2n) is 4.84. The molecule has 1 N–H and O–H groups in total. The maximum Gasteiger partial charge on any atom is 0.253 e. The molecule has 0 aliphatic carbocycles. The number of halogens is 1. The number of amides is 1. The van der Waals surface area contributed by atoms with Crippen molar-refractivity contribution in [2.45, 2.75) is 33.1 Å². The van der Waals surface area contributed by atoms with Crippen molar-refractivity contribution >= 4 is 24.0 Å². The van der Waals surface area contributed by atoms with E-state index >= 15 is 0 Å². The van der Waals surface area contributed by atoms with E-state index in [0.29, 0.717) is 0 Å². The van der Waals surface area contributed by atoms with E-state index in [1.165, 1.54) is 11.3 Å². The monoisotopic (exact) mass is 282 g/mol. The van der Waals surface area contributed by atoms with E-state index in [1.54, 1.807) is 0 Å². The number of anilines is 1. The second-order valence-corrected chi connectivity index (χ2v) is 4.84. The minimum atomic E-state index is 0. The van der Waals surface area contributed by atoms with Crippen molar-refractivity contribution in [3.8, 4) is 0 Å². The molecule has 0 spiro atoms. The molecule has 0 radical (unpaired) electrons. The summed E-state index contributed by atoms with van der Waals surface area (Å²) in [5.74, 6) is 0.174. The molecular formula is C15H23ClN2O. The Bertz CT molecular complexity index is 428. The number of nitrogens with zero attached hydrogens (tertiary/aromatic N) is 1. The van der Waals surface area contributed by atoms with Crippen LogP contribution in [0, 0.1) is 0 Å². The van der Waals surface area contributed by atoms with Crippen molar-refractivity contribution in [2.24, 2.45) is 0 Å². The summed E-state index contributed by atoms with van der Waals surface area (Å²) in [6, 6.07) is 6.03. The topological polar surface area (TPSA) is 32.3 Å². The molecule has 0 fully saturated rings. The highest BCUT2D eigenvalue weighted by Gasteiger charge is 2.17. The van der Waals surface area contributed by atoms with Crippen LogP contribution in [0.15, 0.2) is 18.2 Å². The fourth-order valence-corrected chi connectivity index (χ4v) is 2.48. The van der Waals surface area contributed by atoms with Crippen molar-refractivity contribution in [2.75, 3.05) is 25.0 Å². The van der Waals surface area contributed by atoms with Crippen LogP contribution in [0.3, 0.4) is 0 Å². The molecule has 0 atom stereocenters. The van der Waals surface area contributed by atoms with Gasteiger partial charge in [0.2, 0.25) is 0 Å². The second kappa shape index (κ2) is 7.39. The molecular weight excluding hydrogens is 260 g/mol. The molecule has 0 aromatic heterocycles. The van der Waals surface area contributed by atoms with Crippen molar-refractivity contribution in [3.05, 3.63) is 29.3 Å². The van der Waals surface area contributed by atoms with Gasteiger partial charge in [-0.05, 0) is 43.0 Å². The summed E-state index contributed by atoms with van der Waals surface area (Å²) >= 11 is 0. The van der Waals surface area contributed by atoms with E-state index < -0.39 is 0 Å². The van der Waals surface area contributed by atoms with Crippen molar-refractivity contribution < 1.29 is 4.79 Å². The average molecular weight is 283 g/mol. The molecule has 3 nitrogen and oxygen atoms in total. The summed E-state index contributed by atoms with van der Waals surface area (Å²) in [6.07, 6.45) is 3.05. The van der Waals surface area contributed by atoms with Crippen molar-refractivity contribution in [1.29, 1.82) is 0 Å². The fourth-order valence-electron chi connectivity index (χ4n) is 2.48. The predicted molar refractivity (Wildman–Crippen MR) is 82.4 cm³/mol. The van der Waals surface area contributed by atoms with Crippen molar-refractivity contribution in [3.63, 3.8) is 0 Å². The number of hydrogen-bond donors (Lipinski definition) is 1. The Labute approximate surface area is 121 Å². The molecule has 0 bridgehead atoms. The number of benzene rings is 1. The van der Waals surface area contributed by atoms with Crippen LogP contribution in [-0.4, -0.2) is 30.4 Å². The Kier molecular flexibility index (Phi) is 6.16. The Balaban J connectivity index is 0.00000180. The Hall–Kier alpha value is -1.22. The van der Waals surface area contributed by atoms with Crippen LogP contribution in [0.5, 0.6) is 0 Å². The summed E-state index contributed by atoms with van der Waals surface area (Å²) in [6.45, 7) is 6.91. The van der Waals surface area contributed by atoms with E-state index in [0.717, 1.165) is 44.5 Å². The van der Waals surface area contributed by atoms with Crippen LogP contribution in [0.25, 0.3) is 0 Å². The summed E-state index contributed by atoms with van der Waals surface area (Å²) in [5.41, 5.74) is 3.29. The van der Waals surface area contributed by atoms with Gasteiger partial charge >= 0.3 is 0 Å². The van der Waals surface area contributed by atoms with Gasteiger partial charge in [-0.15, -0.1) is 12.4 Å². The third-order valence-corrected chi connectivity index (χ3v) is 3.34. The lowest BCUT2D eigenvalue weighted by atomic mass is 10.1. The zero-order valence-electron chi connectivity index (χ0n) is 11.7. The van der Waals surface area contributed by atoms with Crippen LogP contribution >= 0.6 is 12.4 Å². The highest BCUT2D eigenvalue weighted by molar-refractivity contribution is 5.95. The SMILES string of the molecule is CCCN(CCC)C(=O)c1ccc2c(c1)CCN2.Cl. The normalized spacial score (nSPS) is 12.3. The summed E-state index contributed by atoms with van der Waals surface area (Å²) < 4.78 is 0. The first-order chi connectivity index (χ1) is 8.76. The quantitative estimate of drug-likeness (QED) is 0.898. The van der Waals surface area contributed by atoms with Crippen LogP contribution in [0.1, 0.15) is 42.6 Å². The predicted octanol–water partition coefficient (Wildman–Crippen LogP) is 3.34. The molecule has 19 heavy (non-hydrogen) atoms. The Morgan fingerprint density at radius 2 is 1.95 bits per heavy atom. The van der Waals surface area contributed by atoms with Gasteiger partial charge in [0.1, 0.15) is 0 Å². The Morgan fingerprint density at radius 1 is 1.26 bits per heavy atom. The van der Waals surface area contributed by atoms with Gasteiger partial charge < -0.3 is 10.2 Å². The molecule has 1 aromatic carbocycles. The van der Waals surface area contributed by atoms with Crippen LogP contribution in [0.2, 0.25) is 0 Å². The average Bonchev–Trinajstić information content (AvgIpc) is 2.84. The zero-order chi connectivity index (χ0) is 13.0. The van der Waals surface area contributed by atoms with Gasteiger partial charge in [0.05, 0.1) is 0 Å². The van der Waals surface area contributed by atoms with E-state index in [-0.39, 0.29) is 18.3 Å². The third kappa shape index (κ3) is 3.63. The standard InChI is InChI=1S/C15H22N2O.ClH/c1-3-9-17(10-4-2)15(18)13-5-6-14-12(11-13)7-8-16-14;/h5-6,11,16H,3-4,7-10H2,1-2H3;1H. The summed E-state index contributed by atoms with van der Waals surface area (Å²) in [4.78, 5) is 14.4. The van der Waals surface area contributed by atoms with Gasteiger partial charge in [-0.2, -0.15) is 0 Å². The number of carbonyl (C=O) groups is 1. The molecule has 4 heteroatoms. The highest BCUT2D eigenvalue weighted by Crippen LogP contribution is 2.23. The summed E-state index contributed by atoms with van der Waals surface area (Å²) in [7, 11) is 0. The molecule has 2 rings (SSSR count). The molecule has 1 amide bonds. The maximum atomic E-state index is 12.4. The Morgan fingerprint density at radius 3 is 2.58 bits per heavy atom. The molecule has 106 valence electrons. The lowest BCUT2D eigenvalue weighted by Gasteiger charge is -2.21. The highest BCUT2D eigenvalue weighted by atomic mass is 35.5. The number of carbonyl (C=O) groups excluding carboxylic acids is 1. The van der Waals surface area contributed by atoms with Gasteiger partial charge in [0.25, 0.3) is 5.91 Å². The van der Waals surface area contributed by atoms with Crippen LogP contribution in [0.4, 0.5) is 5.69 Å². The lowest BCUT2D eigenvalue weighted by Crippen LogP contribution is -2.32. The van der Waals surface area contributed by atoms with E-state index in [4.69, 9.17) is 0 Å². The van der Waals surface area contributed by atoms with Crippen LogP contribution in [-0.2, 0) is 6.42 Å². The van der Waals surface area contributed by atoms with Gasteiger partial charge in [0, 0.05) is 30.9 Å². The number of hydrogen-bond acceptors (Lipinski definition) is 2. The number of nitrogens with one attached hydrogen (secondary N) is 1. The maximum absolute atomic E-state index is 12.4. The molecule has 1 heterocycles. The van der Waals surface area contributed by atoms with E-state index in [9.17, 15) is 4.79 Å². The first-order valence-electron chi connectivity index (χ1n) is 6.92. The zero-order valence-corrected chi connectivity index (χ0v) is 12.6. The number of rotatable bonds is 5. The van der Waals surface area contributed by atoms with E-state index in [1.807, 2.05) is 17.0 Å². The van der Waals surface area contributed by atoms with Gasteiger partial charge in [-0.1, -0.05) is 13.8 Å². The van der Waals surface area contributed by atoms with Gasteiger partial charge in [-0.3, -0.25) is 4.79 Å². The third-order valence-electron chi connectivity index (χ3n) is 3.34. The van der Waals surface area contributed by atoms with Gasteiger partial charge in [-0.25, -0.2) is 0 Å². The van der Waals surface area contributed by atoms with Crippen molar-refractivity contribution in [1.82, 2.24) is 4.90 Å². The molecule has 0 saturated heterocycles. The molecule has 1 aliphatic heterocycles. The van der Waals surface area contributed by atoms with E-state index in [2.05, 4.69) is 25.2 Å². The smallest absolute Gasteiger partial charge is 0.253 e. The summed E-state index contributed by atoms with van der Waals surface area (Å²) in [5, 5.41) is 3.32.